The second-order valence-corrected chi connectivity index (χ2v) is 6.27. The van der Waals surface area contributed by atoms with Gasteiger partial charge < -0.3 is 5.73 Å². The SMILES string of the molecule is CC(c1ccc(F)c(Cl)c1)N(C)C1CCCCC1CN. The molecule has 2 nitrogen and oxygen atoms in total. The molecule has 0 bridgehead atoms. The van der Waals surface area contributed by atoms with Crippen LogP contribution in [0, 0.1) is 11.7 Å². The standard InChI is InChI=1S/C16H24ClFN2/c1-11(12-7-8-15(18)14(17)9-12)20(2)16-6-4-3-5-13(16)10-19/h7-9,11,13,16H,3-6,10,19H2,1-2H3. The predicted octanol–water partition coefficient (Wildman–Crippen LogP) is 3.99. The lowest BCUT2D eigenvalue weighted by Crippen LogP contribution is -2.44. The molecule has 20 heavy (non-hydrogen) atoms. The lowest BCUT2D eigenvalue weighted by molar-refractivity contribution is 0.0989. The Kier molecular flexibility index (Phi) is 5.42. The summed E-state index contributed by atoms with van der Waals surface area (Å²) in [5, 5.41) is 0.196. The van der Waals surface area contributed by atoms with Gasteiger partial charge in [0.05, 0.1) is 5.02 Å². The van der Waals surface area contributed by atoms with E-state index in [9.17, 15) is 4.39 Å². The Morgan fingerprint density at radius 1 is 1.40 bits per heavy atom. The van der Waals surface area contributed by atoms with Crippen molar-refractivity contribution in [3.63, 3.8) is 0 Å². The van der Waals surface area contributed by atoms with Gasteiger partial charge in [-0.2, -0.15) is 0 Å². The minimum atomic E-state index is -0.359. The van der Waals surface area contributed by atoms with E-state index in [4.69, 9.17) is 17.3 Å². The largest absolute Gasteiger partial charge is 0.330 e. The van der Waals surface area contributed by atoms with Gasteiger partial charge in [-0.15, -0.1) is 0 Å². The van der Waals surface area contributed by atoms with Crippen molar-refractivity contribution in [2.24, 2.45) is 11.7 Å². The number of halogens is 2. The van der Waals surface area contributed by atoms with Gasteiger partial charge >= 0.3 is 0 Å². The summed E-state index contributed by atoms with van der Waals surface area (Å²) < 4.78 is 13.3. The van der Waals surface area contributed by atoms with Crippen molar-refractivity contribution in [1.29, 1.82) is 0 Å². The Morgan fingerprint density at radius 3 is 2.75 bits per heavy atom. The average Bonchev–Trinajstić information content (AvgIpc) is 2.48. The molecule has 1 aliphatic rings. The Morgan fingerprint density at radius 2 is 2.10 bits per heavy atom. The maximum Gasteiger partial charge on any atom is 0.141 e. The van der Waals surface area contributed by atoms with Crippen LogP contribution in [0.2, 0.25) is 5.02 Å². The monoisotopic (exact) mass is 298 g/mol. The van der Waals surface area contributed by atoms with E-state index in [2.05, 4.69) is 18.9 Å². The lowest BCUT2D eigenvalue weighted by atomic mass is 9.83. The zero-order chi connectivity index (χ0) is 14.7. The molecule has 112 valence electrons. The number of hydrogen-bond acceptors (Lipinski definition) is 2. The first-order valence-electron chi connectivity index (χ1n) is 7.41. The van der Waals surface area contributed by atoms with E-state index in [1.807, 2.05) is 6.07 Å². The van der Waals surface area contributed by atoms with Gasteiger partial charge in [0.2, 0.25) is 0 Å². The van der Waals surface area contributed by atoms with Crippen LogP contribution >= 0.6 is 11.6 Å². The molecule has 0 amide bonds. The molecular weight excluding hydrogens is 275 g/mol. The van der Waals surface area contributed by atoms with Gasteiger partial charge in [0.25, 0.3) is 0 Å². The van der Waals surface area contributed by atoms with Crippen molar-refractivity contribution in [2.75, 3.05) is 13.6 Å². The first-order valence-corrected chi connectivity index (χ1v) is 7.79. The molecule has 1 aromatic carbocycles. The van der Waals surface area contributed by atoms with Crippen molar-refractivity contribution >= 4 is 11.6 Å². The van der Waals surface area contributed by atoms with Crippen molar-refractivity contribution < 1.29 is 4.39 Å². The van der Waals surface area contributed by atoms with Gasteiger partial charge in [0.15, 0.2) is 0 Å². The van der Waals surface area contributed by atoms with E-state index in [0.717, 1.165) is 12.1 Å². The molecule has 2 rings (SSSR count). The third kappa shape index (κ3) is 3.33. The Hall–Kier alpha value is -0.640. The fraction of sp³-hybridized carbons (Fsp3) is 0.625. The molecule has 3 atom stereocenters. The molecule has 0 aliphatic heterocycles. The minimum absolute atomic E-state index is 0.196. The highest BCUT2D eigenvalue weighted by Crippen LogP contribution is 2.33. The molecule has 1 aromatic rings. The average molecular weight is 299 g/mol. The summed E-state index contributed by atoms with van der Waals surface area (Å²) in [6.45, 7) is 2.89. The molecule has 1 saturated carbocycles. The highest BCUT2D eigenvalue weighted by Gasteiger charge is 2.30. The van der Waals surface area contributed by atoms with Crippen LogP contribution in [0.4, 0.5) is 4.39 Å². The smallest absolute Gasteiger partial charge is 0.141 e. The van der Waals surface area contributed by atoms with Crippen LogP contribution in [-0.4, -0.2) is 24.5 Å². The van der Waals surface area contributed by atoms with Crippen LogP contribution in [0.5, 0.6) is 0 Å². The molecule has 0 spiro atoms. The normalized spacial score (nSPS) is 24.9. The molecule has 2 N–H and O–H groups in total. The Labute approximate surface area is 126 Å². The summed E-state index contributed by atoms with van der Waals surface area (Å²) in [5.74, 6) is 0.204. The molecule has 1 fully saturated rings. The van der Waals surface area contributed by atoms with Crippen LogP contribution in [0.1, 0.15) is 44.2 Å². The third-order valence-corrected chi connectivity index (χ3v) is 5.02. The van der Waals surface area contributed by atoms with Crippen LogP contribution in [0.25, 0.3) is 0 Å². The highest BCUT2D eigenvalue weighted by atomic mass is 35.5. The topological polar surface area (TPSA) is 29.3 Å². The summed E-state index contributed by atoms with van der Waals surface area (Å²) >= 11 is 5.89. The second kappa shape index (κ2) is 6.88. The number of rotatable bonds is 4. The minimum Gasteiger partial charge on any atom is -0.330 e. The second-order valence-electron chi connectivity index (χ2n) is 5.86. The summed E-state index contributed by atoms with van der Waals surface area (Å²) in [5.41, 5.74) is 6.97. The van der Waals surface area contributed by atoms with Crippen LogP contribution in [0.3, 0.4) is 0 Å². The molecule has 4 heteroatoms. The molecule has 0 radical (unpaired) electrons. The van der Waals surface area contributed by atoms with Crippen LogP contribution < -0.4 is 5.73 Å². The summed E-state index contributed by atoms with van der Waals surface area (Å²) in [6.07, 6.45) is 4.95. The van der Waals surface area contributed by atoms with E-state index in [1.54, 1.807) is 6.07 Å². The first-order chi connectivity index (χ1) is 9.54. The van der Waals surface area contributed by atoms with E-state index in [1.165, 1.54) is 31.7 Å². The van der Waals surface area contributed by atoms with Gasteiger partial charge in [-0.05, 0) is 57.0 Å². The van der Waals surface area contributed by atoms with Gasteiger partial charge in [0.1, 0.15) is 5.82 Å². The zero-order valence-electron chi connectivity index (χ0n) is 12.3. The lowest BCUT2D eigenvalue weighted by Gasteiger charge is -2.40. The molecule has 0 aromatic heterocycles. The third-order valence-electron chi connectivity index (χ3n) is 4.73. The fourth-order valence-electron chi connectivity index (χ4n) is 3.29. The van der Waals surface area contributed by atoms with Gasteiger partial charge in [-0.3, -0.25) is 4.90 Å². The maximum atomic E-state index is 13.3. The van der Waals surface area contributed by atoms with Crippen molar-refractivity contribution in [1.82, 2.24) is 4.90 Å². The van der Waals surface area contributed by atoms with Gasteiger partial charge in [-0.1, -0.05) is 30.5 Å². The predicted molar refractivity (Wildman–Crippen MR) is 82.4 cm³/mol. The number of hydrogen-bond donors (Lipinski definition) is 1. The van der Waals surface area contributed by atoms with Crippen molar-refractivity contribution in [2.45, 2.75) is 44.7 Å². The van der Waals surface area contributed by atoms with Crippen LogP contribution in [-0.2, 0) is 0 Å². The van der Waals surface area contributed by atoms with Crippen molar-refractivity contribution in [3.05, 3.63) is 34.6 Å². The quantitative estimate of drug-likeness (QED) is 0.911. The molecule has 0 heterocycles. The maximum absolute atomic E-state index is 13.3. The van der Waals surface area contributed by atoms with E-state index in [0.29, 0.717) is 12.0 Å². The molecular formula is C16H24ClFN2. The summed E-state index contributed by atoms with van der Waals surface area (Å²) in [4.78, 5) is 2.38. The number of nitrogens with zero attached hydrogens (tertiary/aromatic N) is 1. The molecule has 1 aliphatic carbocycles. The molecule has 0 saturated heterocycles. The first kappa shape index (κ1) is 15.7. The fourth-order valence-corrected chi connectivity index (χ4v) is 3.48. The van der Waals surface area contributed by atoms with E-state index in [-0.39, 0.29) is 16.9 Å². The van der Waals surface area contributed by atoms with E-state index >= 15 is 0 Å². The summed E-state index contributed by atoms with van der Waals surface area (Å²) in [6, 6.07) is 5.72. The number of nitrogens with two attached hydrogens (primary N) is 1. The summed E-state index contributed by atoms with van der Waals surface area (Å²) in [7, 11) is 2.14. The molecule has 3 unspecified atom stereocenters. The van der Waals surface area contributed by atoms with Gasteiger partial charge in [-0.25, -0.2) is 4.39 Å². The van der Waals surface area contributed by atoms with E-state index < -0.39 is 0 Å². The number of benzene rings is 1. The van der Waals surface area contributed by atoms with Crippen molar-refractivity contribution in [3.8, 4) is 0 Å². The highest BCUT2D eigenvalue weighted by molar-refractivity contribution is 6.30. The van der Waals surface area contributed by atoms with Gasteiger partial charge in [0, 0.05) is 12.1 Å². The van der Waals surface area contributed by atoms with Crippen LogP contribution in [0.15, 0.2) is 18.2 Å². The zero-order valence-corrected chi connectivity index (χ0v) is 13.0. The Balaban J connectivity index is 2.14. The Bertz CT molecular complexity index is 452.